The van der Waals surface area contributed by atoms with Crippen molar-refractivity contribution >= 4 is 28.7 Å². The minimum atomic E-state index is -1.02. The van der Waals surface area contributed by atoms with Crippen LogP contribution in [0.3, 0.4) is 0 Å². The molecule has 0 aliphatic rings. The number of ketones is 1. The summed E-state index contributed by atoms with van der Waals surface area (Å²) in [6.07, 6.45) is 1.75. The SMILES string of the molecule is C=C(C(=O)c1ccc(C(=O)O)cc1)c1ccc(-c2nccs2)cc1. The van der Waals surface area contributed by atoms with Gasteiger partial charge in [-0.1, -0.05) is 43.0 Å². The monoisotopic (exact) mass is 335 g/mol. The number of carboxylic acid groups (broad SMARTS) is 1. The number of thiazole rings is 1. The number of hydrogen-bond acceptors (Lipinski definition) is 4. The third-order valence-electron chi connectivity index (χ3n) is 3.58. The lowest BCUT2D eigenvalue weighted by Crippen LogP contribution is -2.03. The highest BCUT2D eigenvalue weighted by Gasteiger charge is 2.13. The molecule has 0 radical (unpaired) electrons. The molecular formula is C19H13NO3S. The maximum Gasteiger partial charge on any atom is 0.335 e. The number of aromatic nitrogens is 1. The van der Waals surface area contributed by atoms with Crippen molar-refractivity contribution in [3.63, 3.8) is 0 Å². The molecule has 0 atom stereocenters. The second kappa shape index (κ2) is 6.60. The molecule has 3 rings (SSSR count). The lowest BCUT2D eigenvalue weighted by molar-refractivity contribution is 0.0696. The highest BCUT2D eigenvalue weighted by Crippen LogP contribution is 2.25. The van der Waals surface area contributed by atoms with Crippen molar-refractivity contribution in [1.82, 2.24) is 4.98 Å². The summed E-state index contributed by atoms with van der Waals surface area (Å²) in [5.41, 5.74) is 2.63. The van der Waals surface area contributed by atoms with Crippen LogP contribution in [0, 0.1) is 0 Å². The molecule has 1 N–H and O–H groups in total. The summed E-state index contributed by atoms with van der Waals surface area (Å²) in [4.78, 5) is 27.6. The largest absolute Gasteiger partial charge is 0.478 e. The van der Waals surface area contributed by atoms with E-state index in [-0.39, 0.29) is 11.3 Å². The number of carboxylic acids is 1. The molecule has 0 spiro atoms. The topological polar surface area (TPSA) is 67.3 Å². The van der Waals surface area contributed by atoms with E-state index < -0.39 is 5.97 Å². The van der Waals surface area contributed by atoms with E-state index in [1.54, 1.807) is 17.5 Å². The molecule has 0 amide bonds. The molecule has 3 aromatic rings. The van der Waals surface area contributed by atoms with Crippen LogP contribution in [0.5, 0.6) is 0 Å². The lowest BCUT2D eigenvalue weighted by atomic mass is 9.97. The predicted molar refractivity (Wildman–Crippen MR) is 94.3 cm³/mol. The van der Waals surface area contributed by atoms with Crippen molar-refractivity contribution in [2.75, 3.05) is 0 Å². The first-order valence-corrected chi connectivity index (χ1v) is 8.01. The zero-order valence-electron chi connectivity index (χ0n) is 12.6. The van der Waals surface area contributed by atoms with Gasteiger partial charge < -0.3 is 5.11 Å². The van der Waals surface area contributed by atoms with E-state index in [2.05, 4.69) is 11.6 Å². The molecular weight excluding hydrogens is 322 g/mol. The molecule has 0 bridgehead atoms. The van der Waals surface area contributed by atoms with Crippen LogP contribution in [0.1, 0.15) is 26.3 Å². The van der Waals surface area contributed by atoms with Crippen LogP contribution in [0.4, 0.5) is 0 Å². The van der Waals surface area contributed by atoms with Crippen LogP contribution in [0.15, 0.2) is 66.7 Å². The van der Waals surface area contributed by atoms with Gasteiger partial charge in [-0.3, -0.25) is 4.79 Å². The summed E-state index contributed by atoms with van der Waals surface area (Å²) in [5, 5.41) is 11.7. The van der Waals surface area contributed by atoms with E-state index in [0.29, 0.717) is 11.1 Å². The minimum Gasteiger partial charge on any atom is -0.478 e. The van der Waals surface area contributed by atoms with Crippen LogP contribution < -0.4 is 0 Å². The number of nitrogens with zero attached hydrogens (tertiary/aromatic N) is 1. The van der Waals surface area contributed by atoms with Crippen molar-refractivity contribution in [3.8, 4) is 10.6 Å². The third kappa shape index (κ3) is 3.16. The van der Waals surface area contributed by atoms with Crippen LogP contribution >= 0.6 is 11.3 Å². The quantitative estimate of drug-likeness (QED) is 0.554. The molecule has 1 heterocycles. The Hall–Kier alpha value is -3.05. The third-order valence-corrected chi connectivity index (χ3v) is 4.40. The number of allylic oxidation sites excluding steroid dienone is 1. The van der Waals surface area contributed by atoms with Gasteiger partial charge in [0.15, 0.2) is 5.78 Å². The van der Waals surface area contributed by atoms with Gasteiger partial charge >= 0.3 is 5.97 Å². The van der Waals surface area contributed by atoms with Crippen molar-refractivity contribution in [3.05, 3.63) is 83.4 Å². The molecule has 0 saturated heterocycles. The molecule has 2 aromatic carbocycles. The second-order valence-corrected chi connectivity index (χ2v) is 6.00. The molecule has 0 aliphatic heterocycles. The molecule has 1 aromatic heterocycles. The summed E-state index contributed by atoms with van der Waals surface area (Å²) in [6.45, 7) is 3.87. The second-order valence-electron chi connectivity index (χ2n) is 5.10. The van der Waals surface area contributed by atoms with E-state index in [1.165, 1.54) is 24.3 Å². The Morgan fingerprint density at radius 1 is 0.917 bits per heavy atom. The van der Waals surface area contributed by atoms with Crippen molar-refractivity contribution in [2.45, 2.75) is 0 Å². The fraction of sp³-hybridized carbons (Fsp3) is 0. The highest BCUT2D eigenvalue weighted by atomic mass is 32.1. The van der Waals surface area contributed by atoms with E-state index >= 15 is 0 Å². The number of benzene rings is 2. The van der Waals surface area contributed by atoms with Gasteiger partial charge in [-0.05, 0) is 17.7 Å². The summed E-state index contributed by atoms with van der Waals surface area (Å²) >= 11 is 1.55. The summed E-state index contributed by atoms with van der Waals surface area (Å²) < 4.78 is 0. The zero-order valence-corrected chi connectivity index (χ0v) is 13.4. The van der Waals surface area contributed by atoms with Crippen molar-refractivity contribution < 1.29 is 14.7 Å². The number of aromatic carboxylic acids is 1. The van der Waals surface area contributed by atoms with Crippen LogP contribution in [0.2, 0.25) is 0 Å². The first-order valence-electron chi connectivity index (χ1n) is 7.13. The van der Waals surface area contributed by atoms with Gasteiger partial charge in [0.05, 0.1) is 5.56 Å². The number of rotatable bonds is 5. The van der Waals surface area contributed by atoms with Gasteiger partial charge in [-0.25, -0.2) is 9.78 Å². The smallest absolute Gasteiger partial charge is 0.335 e. The predicted octanol–water partition coefficient (Wildman–Crippen LogP) is 4.40. The molecule has 118 valence electrons. The van der Waals surface area contributed by atoms with Crippen LogP contribution in [-0.4, -0.2) is 21.8 Å². The zero-order chi connectivity index (χ0) is 17.1. The molecule has 4 nitrogen and oxygen atoms in total. The summed E-state index contributed by atoms with van der Waals surface area (Å²) in [6, 6.07) is 13.3. The number of carbonyl (C=O) groups excluding carboxylic acids is 1. The minimum absolute atomic E-state index is 0.143. The molecule has 0 unspecified atom stereocenters. The number of Topliss-reactive ketones (excluding diaryl/α,β-unsaturated/α-hetero) is 1. The first kappa shape index (κ1) is 15.8. The van der Waals surface area contributed by atoms with Crippen LogP contribution in [-0.2, 0) is 0 Å². The van der Waals surface area contributed by atoms with Gasteiger partial charge in [0.2, 0.25) is 0 Å². The van der Waals surface area contributed by atoms with Crippen LogP contribution in [0.25, 0.3) is 16.1 Å². The molecule has 0 fully saturated rings. The molecule has 0 saturated carbocycles. The highest BCUT2D eigenvalue weighted by molar-refractivity contribution is 7.13. The average molecular weight is 335 g/mol. The fourth-order valence-electron chi connectivity index (χ4n) is 2.25. The van der Waals surface area contributed by atoms with E-state index in [4.69, 9.17) is 5.11 Å². The summed E-state index contributed by atoms with van der Waals surface area (Å²) in [7, 11) is 0. The maximum atomic E-state index is 12.5. The van der Waals surface area contributed by atoms with Gasteiger partial charge in [0.1, 0.15) is 5.01 Å². The van der Waals surface area contributed by atoms with Gasteiger partial charge in [0.25, 0.3) is 0 Å². The first-order chi connectivity index (χ1) is 11.6. The van der Waals surface area contributed by atoms with Gasteiger partial charge in [-0.2, -0.15) is 0 Å². The maximum absolute atomic E-state index is 12.5. The Morgan fingerprint density at radius 2 is 1.50 bits per heavy atom. The molecule has 24 heavy (non-hydrogen) atoms. The Balaban J connectivity index is 1.80. The Bertz CT molecular complexity index is 895. The standard InChI is InChI=1S/C19H13NO3S/c1-12(17(21)14-4-8-16(9-5-14)19(22)23)13-2-6-15(7-3-13)18-20-10-11-24-18/h2-11H,1H2,(H,22,23). The van der Waals surface area contributed by atoms with E-state index in [0.717, 1.165) is 16.1 Å². The number of carbonyl (C=O) groups is 2. The molecule has 5 heteroatoms. The average Bonchev–Trinajstić information content (AvgIpc) is 3.15. The van der Waals surface area contributed by atoms with E-state index in [1.807, 2.05) is 29.6 Å². The van der Waals surface area contributed by atoms with Gasteiger partial charge in [-0.15, -0.1) is 11.3 Å². The Kier molecular flexibility index (Phi) is 4.35. The van der Waals surface area contributed by atoms with Crippen molar-refractivity contribution in [1.29, 1.82) is 0 Å². The Morgan fingerprint density at radius 3 is 2.04 bits per heavy atom. The molecule has 0 aliphatic carbocycles. The fourth-order valence-corrected chi connectivity index (χ4v) is 2.89. The van der Waals surface area contributed by atoms with Crippen molar-refractivity contribution in [2.24, 2.45) is 0 Å². The normalized spacial score (nSPS) is 10.3. The lowest BCUT2D eigenvalue weighted by Gasteiger charge is -2.06. The summed E-state index contributed by atoms with van der Waals surface area (Å²) in [5.74, 6) is -1.25. The number of hydrogen-bond donors (Lipinski definition) is 1. The van der Waals surface area contributed by atoms with Gasteiger partial charge in [0, 0.05) is 28.3 Å². The Labute approximate surface area is 142 Å². The van der Waals surface area contributed by atoms with E-state index in [9.17, 15) is 9.59 Å².